The Bertz CT molecular complexity index is 1000. The highest BCUT2D eigenvalue weighted by Gasteiger charge is 2.25. The number of sulfonamides is 1. The fourth-order valence-electron chi connectivity index (χ4n) is 3.24. The molecule has 2 aromatic carbocycles. The van der Waals surface area contributed by atoms with Crippen molar-refractivity contribution in [1.29, 1.82) is 0 Å². The predicted molar refractivity (Wildman–Crippen MR) is 117 cm³/mol. The molecule has 1 fully saturated rings. The summed E-state index contributed by atoms with van der Waals surface area (Å²) < 4.78 is 27.5. The molecule has 1 aliphatic rings. The van der Waals surface area contributed by atoms with E-state index in [0.717, 1.165) is 24.8 Å². The molecule has 0 atom stereocenters. The van der Waals surface area contributed by atoms with Gasteiger partial charge >= 0.3 is 0 Å². The van der Waals surface area contributed by atoms with E-state index in [2.05, 4.69) is 26.8 Å². The summed E-state index contributed by atoms with van der Waals surface area (Å²) in [7, 11) is -3.46. The topological polar surface area (TPSA) is 95.6 Å². The summed E-state index contributed by atoms with van der Waals surface area (Å²) in [6, 6.07) is 13.5. The van der Waals surface area contributed by atoms with Gasteiger partial charge in [-0.15, -0.1) is 0 Å². The van der Waals surface area contributed by atoms with Crippen LogP contribution in [0.25, 0.3) is 0 Å². The first-order valence-electron chi connectivity index (χ1n) is 9.81. The zero-order chi connectivity index (χ0) is 21.6. The van der Waals surface area contributed by atoms with E-state index in [1.165, 1.54) is 4.31 Å². The zero-order valence-electron chi connectivity index (χ0n) is 16.4. The number of nitrogens with one attached hydrogen (secondary N) is 2. The molecule has 1 saturated heterocycles. The van der Waals surface area contributed by atoms with Gasteiger partial charge in [0.1, 0.15) is 0 Å². The van der Waals surface area contributed by atoms with Gasteiger partial charge in [0, 0.05) is 24.0 Å². The summed E-state index contributed by atoms with van der Waals surface area (Å²) in [4.78, 5) is 24.4. The van der Waals surface area contributed by atoms with E-state index >= 15 is 0 Å². The van der Waals surface area contributed by atoms with Gasteiger partial charge in [-0.3, -0.25) is 20.4 Å². The van der Waals surface area contributed by atoms with Crippen molar-refractivity contribution in [2.45, 2.75) is 37.0 Å². The number of nitrogens with zero attached hydrogens (tertiary/aromatic N) is 1. The van der Waals surface area contributed by atoms with Crippen molar-refractivity contribution in [2.24, 2.45) is 0 Å². The maximum atomic E-state index is 12.7. The van der Waals surface area contributed by atoms with Crippen molar-refractivity contribution < 1.29 is 18.0 Å². The van der Waals surface area contributed by atoms with Crippen LogP contribution in [0.3, 0.4) is 0 Å². The van der Waals surface area contributed by atoms with Crippen molar-refractivity contribution >= 4 is 37.8 Å². The maximum Gasteiger partial charge on any atom is 0.270 e. The van der Waals surface area contributed by atoms with Gasteiger partial charge in [0.05, 0.1) is 10.5 Å². The highest BCUT2D eigenvalue weighted by Crippen LogP contribution is 2.21. The molecule has 1 heterocycles. The number of carbonyl (C=O) groups excluding carboxylic acids is 2. The first-order valence-corrected chi connectivity index (χ1v) is 12.0. The minimum Gasteiger partial charge on any atom is -0.273 e. The lowest BCUT2D eigenvalue weighted by atomic mass is 10.1. The van der Waals surface area contributed by atoms with Crippen LogP contribution in [0.4, 0.5) is 0 Å². The van der Waals surface area contributed by atoms with Crippen LogP contribution in [-0.2, 0) is 21.2 Å². The molecule has 160 valence electrons. The SMILES string of the molecule is O=C(CCc1ccc(S(=O)(=O)N2CCCCC2)cc1)NNC(=O)c1ccccc1Br. The number of aryl methyl sites for hydroxylation is 1. The third kappa shape index (κ3) is 5.68. The summed E-state index contributed by atoms with van der Waals surface area (Å²) in [6.45, 7) is 1.13. The number of hydrogen-bond acceptors (Lipinski definition) is 4. The molecule has 9 heteroatoms. The van der Waals surface area contributed by atoms with Crippen molar-refractivity contribution in [3.8, 4) is 0 Å². The lowest BCUT2D eigenvalue weighted by molar-refractivity contribution is -0.121. The summed E-state index contributed by atoms with van der Waals surface area (Å²) >= 11 is 3.29. The van der Waals surface area contributed by atoms with Gasteiger partial charge in [-0.1, -0.05) is 30.7 Å². The minimum absolute atomic E-state index is 0.161. The van der Waals surface area contributed by atoms with Crippen LogP contribution < -0.4 is 10.9 Å². The van der Waals surface area contributed by atoms with Gasteiger partial charge in [-0.25, -0.2) is 8.42 Å². The maximum absolute atomic E-state index is 12.7. The smallest absolute Gasteiger partial charge is 0.270 e. The van der Waals surface area contributed by atoms with Gasteiger partial charge in [0.25, 0.3) is 5.91 Å². The molecule has 7 nitrogen and oxygen atoms in total. The van der Waals surface area contributed by atoms with E-state index in [4.69, 9.17) is 0 Å². The van der Waals surface area contributed by atoms with Crippen molar-refractivity contribution in [3.63, 3.8) is 0 Å². The van der Waals surface area contributed by atoms with Gasteiger partial charge in [0.15, 0.2) is 0 Å². The van der Waals surface area contributed by atoms with Crippen LogP contribution in [0.5, 0.6) is 0 Å². The Morgan fingerprint density at radius 3 is 2.27 bits per heavy atom. The molecule has 3 rings (SSSR count). The number of carbonyl (C=O) groups is 2. The van der Waals surface area contributed by atoms with E-state index in [1.807, 2.05) is 0 Å². The van der Waals surface area contributed by atoms with Crippen LogP contribution in [-0.4, -0.2) is 37.6 Å². The Hall–Kier alpha value is -2.23. The number of halogens is 1. The zero-order valence-corrected chi connectivity index (χ0v) is 18.8. The largest absolute Gasteiger partial charge is 0.273 e. The van der Waals surface area contributed by atoms with Crippen molar-refractivity contribution in [2.75, 3.05) is 13.1 Å². The molecule has 0 aromatic heterocycles. The molecule has 0 aliphatic carbocycles. The number of benzene rings is 2. The van der Waals surface area contributed by atoms with Gasteiger partial charge in [-0.05, 0) is 65.0 Å². The lowest BCUT2D eigenvalue weighted by Gasteiger charge is -2.25. The standard InChI is InChI=1S/C21H24BrN3O4S/c22-19-7-3-2-6-18(19)21(27)24-23-20(26)13-10-16-8-11-17(12-9-16)30(28,29)25-14-4-1-5-15-25/h2-3,6-9,11-12H,1,4-5,10,13-15H2,(H,23,26)(H,24,27). The fourth-order valence-corrected chi connectivity index (χ4v) is 5.22. The second kappa shape index (κ2) is 10.2. The van der Waals surface area contributed by atoms with E-state index in [0.29, 0.717) is 29.5 Å². The van der Waals surface area contributed by atoms with Gasteiger partial charge in [-0.2, -0.15) is 4.31 Å². The Morgan fingerprint density at radius 1 is 0.933 bits per heavy atom. The molecule has 0 radical (unpaired) electrons. The van der Waals surface area contributed by atoms with Crippen LogP contribution in [0.15, 0.2) is 57.9 Å². The Morgan fingerprint density at radius 2 is 1.60 bits per heavy atom. The predicted octanol–water partition coefficient (Wildman–Crippen LogP) is 3.02. The highest BCUT2D eigenvalue weighted by molar-refractivity contribution is 9.10. The van der Waals surface area contributed by atoms with Crippen LogP contribution >= 0.6 is 15.9 Å². The molecule has 2 amide bonds. The monoisotopic (exact) mass is 493 g/mol. The van der Waals surface area contributed by atoms with Crippen LogP contribution in [0, 0.1) is 0 Å². The molecule has 0 bridgehead atoms. The number of rotatable bonds is 6. The van der Waals surface area contributed by atoms with Crippen molar-refractivity contribution in [3.05, 3.63) is 64.1 Å². The molecular weight excluding hydrogens is 470 g/mol. The molecule has 0 spiro atoms. The Kier molecular flexibility index (Phi) is 7.63. The quantitative estimate of drug-likeness (QED) is 0.604. The van der Waals surface area contributed by atoms with E-state index in [-0.39, 0.29) is 17.2 Å². The van der Waals surface area contributed by atoms with E-state index in [1.54, 1.807) is 48.5 Å². The molecule has 2 aromatic rings. The van der Waals surface area contributed by atoms with Gasteiger partial charge in [0.2, 0.25) is 15.9 Å². The average molecular weight is 494 g/mol. The van der Waals surface area contributed by atoms with Crippen LogP contribution in [0.1, 0.15) is 41.6 Å². The summed E-state index contributed by atoms with van der Waals surface area (Å²) in [5, 5.41) is 0. The summed E-state index contributed by atoms with van der Waals surface area (Å²) in [6.07, 6.45) is 3.44. The summed E-state index contributed by atoms with van der Waals surface area (Å²) in [5.74, 6) is -0.747. The average Bonchev–Trinajstić information content (AvgIpc) is 2.77. The Labute approximate surface area is 185 Å². The van der Waals surface area contributed by atoms with Gasteiger partial charge < -0.3 is 0 Å². The molecule has 1 aliphatic heterocycles. The normalized spacial score (nSPS) is 14.8. The number of hydrogen-bond donors (Lipinski definition) is 2. The van der Waals surface area contributed by atoms with E-state index in [9.17, 15) is 18.0 Å². The lowest BCUT2D eigenvalue weighted by Crippen LogP contribution is -2.41. The summed E-state index contributed by atoms with van der Waals surface area (Å²) in [5.41, 5.74) is 6.05. The van der Waals surface area contributed by atoms with Crippen molar-refractivity contribution in [1.82, 2.24) is 15.2 Å². The molecule has 30 heavy (non-hydrogen) atoms. The number of piperidine rings is 1. The molecule has 0 unspecified atom stereocenters. The highest BCUT2D eigenvalue weighted by atomic mass is 79.9. The number of hydrazine groups is 1. The minimum atomic E-state index is -3.46. The first-order chi connectivity index (χ1) is 14.4. The number of amides is 2. The fraction of sp³-hybridized carbons (Fsp3) is 0.333. The molecule has 0 saturated carbocycles. The third-order valence-electron chi connectivity index (χ3n) is 4.95. The first kappa shape index (κ1) is 22.5. The second-order valence-electron chi connectivity index (χ2n) is 7.09. The Balaban J connectivity index is 1.49. The second-order valence-corrected chi connectivity index (χ2v) is 9.88. The third-order valence-corrected chi connectivity index (χ3v) is 7.56. The van der Waals surface area contributed by atoms with Crippen LogP contribution in [0.2, 0.25) is 0 Å². The molecule has 2 N–H and O–H groups in total. The molecular formula is C21H24BrN3O4S. The van der Waals surface area contributed by atoms with E-state index < -0.39 is 15.9 Å².